The van der Waals surface area contributed by atoms with E-state index in [1.165, 1.54) is 0 Å². The number of para-hydroxylation sites is 1. The Morgan fingerprint density at radius 1 is 1.47 bits per heavy atom. The van der Waals surface area contributed by atoms with Crippen LogP contribution >= 0.6 is 11.6 Å². The van der Waals surface area contributed by atoms with Crippen molar-refractivity contribution >= 4 is 17.5 Å². The fraction of sp³-hybridized carbons (Fsp3) is 0.462. The van der Waals surface area contributed by atoms with Gasteiger partial charge in [0.25, 0.3) is 5.91 Å². The fourth-order valence-corrected chi connectivity index (χ4v) is 2.42. The molecule has 1 aliphatic heterocycles. The zero-order valence-electron chi connectivity index (χ0n) is 9.86. The highest BCUT2D eigenvalue weighted by Crippen LogP contribution is 2.22. The van der Waals surface area contributed by atoms with Crippen molar-refractivity contribution in [3.8, 4) is 5.75 Å². The molecule has 17 heavy (non-hydrogen) atoms. The smallest absolute Gasteiger partial charge is 0.257 e. The number of carbonyl (C=O) groups excluding carboxylic acids is 1. The molecule has 3 nitrogen and oxygen atoms in total. The third kappa shape index (κ3) is 2.72. The van der Waals surface area contributed by atoms with E-state index in [4.69, 9.17) is 16.3 Å². The van der Waals surface area contributed by atoms with Gasteiger partial charge in [0.1, 0.15) is 5.75 Å². The normalized spacial score (nSPS) is 20.1. The zero-order chi connectivity index (χ0) is 12.3. The maximum absolute atomic E-state index is 12.3. The Kier molecular flexibility index (Phi) is 3.89. The maximum atomic E-state index is 12.3. The molecule has 0 bridgehead atoms. The molecule has 1 aliphatic rings. The van der Waals surface area contributed by atoms with E-state index < -0.39 is 0 Å². The molecule has 0 spiro atoms. The van der Waals surface area contributed by atoms with Crippen LogP contribution in [0.2, 0.25) is 0 Å². The van der Waals surface area contributed by atoms with E-state index in [1.807, 2.05) is 12.1 Å². The Morgan fingerprint density at radius 2 is 2.24 bits per heavy atom. The van der Waals surface area contributed by atoms with Crippen LogP contribution in [-0.2, 0) is 0 Å². The molecule has 0 aliphatic carbocycles. The molecule has 1 amide bonds. The molecule has 1 atom stereocenters. The Bertz CT molecular complexity index is 408. The van der Waals surface area contributed by atoms with Crippen molar-refractivity contribution in [3.05, 3.63) is 29.8 Å². The Balaban J connectivity index is 2.18. The standard InChI is InChI=1S/C13H16ClNO2/c1-17-12-7-3-2-6-11(12)13(16)15-8-4-5-10(14)9-15/h2-3,6-7,10H,4-5,8-9H2,1H3. The van der Waals surface area contributed by atoms with Crippen LogP contribution in [-0.4, -0.2) is 36.4 Å². The molecule has 1 heterocycles. The lowest BCUT2D eigenvalue weighted by atomic mass is 10.1. The molecule has 0 radical (unpaired) electrons. The number of likely N-dealkylation sites (tertiary alicyclic amines) is 1. The second-order valence-corrected chi connectivity index (χ2v) is 4.81. The van der Waals surface area contributed by atoms with E-state index >= 15 is 0 Å². The van der Waals surface area contributed by atoms with Crippen molar-refractivity contribution in [2.75, 3.05) is 20.2 Å². The minimum absolute atomic E-state index is 0.00722. The van der Waals surface area contributed by atoms with Gasteiger partial charge >= 0.3 is 0 Å². The van der Waals surface area contributed by atoms with Gasteiger partial charge in [-0.1, -0.05) is 12.1 Å². The molecule has 1 saturated heterocycles. The predicted molar refractivity (Wildman–Crippen MR) is 67.8 cm³/mol. The third-order valence-electron chi connectivity index (χ3n) is 2.99. The van der Waals surface area contributed by atoms with Gasteiger partial charge in [-0.15, -0.1) is 11.6 Å². The molecule has 0 aromatic heterocycles. The Labute approximate surface area is 106 Å². The molecule has 1 aromatic rings. The molecule has 1 unspecified atom stereocenters. The van der Waals surface area contributed by atoms with E-state index in [-0.39, 0.29) is 11.3 Å². The minimum atomic E-state index is 0.00722. The number of halogens is 1. The predicted octanol–water partition coefficient (Wildman–Crippen LogP) is 2.54. The molecular weight excluding hydrogens is 238 g/mol. The highest BCUT2D eigenvalue weighted by molar-refractivity contribution is 6.21. The van der Waals surface area contributed by atoms with Gasteiger partial charge in [0, 0.05) is 13.1 Å². The summed E-state index contributed by atoms with van der Waals surface area (Å²) in [6, 6.07) is 7.29. The van der Waals surface area contributed by atoms with Gasteiger partial charge in [-0.3, -0.25) is 4.79 Å². The summed E-state index contributed by atoms with van der Waals surface area (Å²) in [6.45, 7) is 1.40. The first-order valence-electron chi connectivity index (χ1n) is 5.78. The summed E-state index contributed by atoms with van der Waals surface area (Å²) in [5.74, 6) is 0.627. The Hall–Kier alpha value is -1.22. The van der Waals surface area contributed by atoms with Gasteiger partial charge in [-0.2, -0.15) is 0 Å². The first-order chi connectivity index (χ1) is 8.22. The topological polar surface area (TPSA) is 29.5 Å². The number of rotatable bonds is 2. The zero-order valence-corrected chi connectivity index (χ0v) is 10.6. The van der Waals surface area contributed by atoms with Crippen molar-refractivity contribution in [1.29, 1.82) is 0 Å². The van der Waals surface area contributed by atoms with Gasteiger partial charge in [-0.05, 0) is 25.0 Å². The molecule has 0 N–H and O–H groups in total. The Morgan fingerprint density at radius 3 is 2.94 bits per heavy atom. The summed E-state index contributed by atoms with van der Waals surface area (Å²) in [4.78, 5) is 14.1. The van der Waals surface area contributed by atoms with Crippen molar-refractivity contribution in [3.63, 3.8) is 0 Å². The van der Waals surface area contributed by atoms with Crippen LogP contribution in [0.15, 0.2) is 24.3 Å². The largest absolute Gasteiger partial charge is 0.496 e. The van der Waals surface area contributed by atoms with Gasteiger partial charge < -0.3 is 9.64 Å². The molecule has 1 aromatic carbocycles. The summed E-state index contributed by atoms with van der Waals surface area (Å²) in [5, 5.41) is 0.0717. The summed E-state index contributed by atoms with van der Waals surface area (Å²) in [6.07, 6.45) is 1.95. The van der Waals surface area contributed by atoms with Crippen molar-refractivity contribution in [2.45, 2.75) is 18.2 Å². The number of hydrogen-bond donors (Lipinski definition) is 0. The highest BCUT2D eigenvalue weighted by atomic mass is 35.5. The molecule has 1 fully saturated rings. The summed E-state index contributed by atoms with van der Waals surface area (Å²) in [5.41, 5.74) is 0.612. The third-order valence-corrected chi connectivity index (χ3v) is 3.34. The summed E-state index contributed by atoms with van der Waals surface area (Å²) >= 11 is 6.09. The fourth-order valence-electron chi connectivity index (χ4n) is 2.10. The second-order valence-electron chi connectivity index (χ2n) is 4.19. The number of nitrogens with zero attached hydrogens (tertiary/aromatic N) is 1. The lowest BCUT2D eigenvalue weighted by Gasteiger charge is -2.30. The lowest BCUT2D eigenvalue weighted by Crippen LogP contribution is -2.40. The van der Waals surface area contributed by atoms with Gasteiger partial charge in [0.15, 0.2) is 0 Å². The quantitative estimate of drug-likeness (QED) is 0.758. The van der Waals surface area contributed by atoms with Gasteiger partial charge in [-0.25, -0.2) is 0 Å². The van der Waals surface area contributed by atoms with E-state index in [9.17, 15) is 4.79 Å². The van der Waals surface area contributed by atoms with Crippen LogP contribution in [0.4, 0.5) is 0 Å². The SMILES string of the molecule is COc1ccccc1C(=O)N1CCCC(Cl)C1. The van der Waals surface area contributed by atoms with Crippen LogP contribution in [0.1, 0.15) is 23.2 Å². The number of amides is 1. The van der Waals surface area contributed by atoms with Crippen molar-refractivity contribution in [2.24, 2.45) is 0 Å². The van der Waals surface area contributed by atoms with Crippen LogP contribution in [0, 0.1) is 0 Å². The highest BCUT2D eigenvalue weighted by Gasteiger charge is 2.24. The molecule has 4 heteroatoms. The first kappa shape index (κ1) is 12.2. The van der Waals surface area contributed by atoms with Crippen molar-refractivity contribution < 1.29 is 9.53 Å². The van der Waals surface area contributed by atoms with Gasteiger partial charge in [0.2, 0.25) is 0 Å². The van der Waals surface area contributed by atoms with Crippen molar-refractivity contribution in [1.82, 2.24) is 4.90 Å². The molecular formula is C13H16ClNO2. The molecule has 2 rings (SSSR count). The number of carbonyl (C=O) groups is 1. The number of ether oxygens (including phenoxy) is 1. The summed E-state index contributed by atoms with van der Waals surface area (Å²) in [7, 11) is 1.58. The van der Waals surface area contributed by atoms with Gasteiger partial charge in [0.05, 0.1) is 18.1 Å². The minimum Gasteiger partial charge on any atom is -0.496 e. The maximum Gasteiger partial charge on any atom is 0.257 e. The monoisotopic (exact) mass is 253 g/mol. The second kappa shape index (κ2) is 5.41. The van der Waals surface area contributed by atoms with E-state index in [2.05, 4.69) is 0 Å². The number of hydrogen-bond acceptors (Lipinski definition) is 2. The van der Waals surface area contributed by atoms with Crippen LogP contribution in [0.3, 0.4) is 0 Å². The van der Waals surface area contributed by atoms with Crippen LogP contribution < -0.4 is 4.74 Å². The average Bonchev–Trinajstić information content (AvgIpc) is 2.38. The first-order valence-corrected chi connectivity index (χ1v) is 6.22. The number of benzene rings is 1. The van der Waals surface area contributed by atoms with Crippen LogP contribution in [0.5, 0.6) is 5.75 Å². The average molecular weight is 254 g/mol. The number of alkyl halides is 1. The van der Waals surface area contributed by atoms with E-state index in [0.29, 0.717) is 17.9 Å². The van der Waals surface area contributed by atoms with E-state index in [0.717, 1.165) is 19.4 Å². The number of piperidine rings is 1. The molecule has 92 valence electrons. The number of methoxy groups -OCH3 is 1. The summed E-state index contributed by atoms with van der Waals surface area (Å²) < 4.78 is 5.20. The lowest BCUT2D eigenvalue weighted by molar-refractivity contribution is 0.0723. The van der Waals surface area contributed by atoms with E-state index in [1.54, 1.807) is 24.1 Å². The van der Waals surface area contributed by atoms with Crippen LogP contribution in [0.25, 0.3) is 0 Å². The molecule has 0 saturated carbocycles.